The minimum Gasteiger partial charge on any atom is -0.495 e. The van der Waals surface area contributed by atoms with Crippen LogP contribution in [0.2, 0.25) is 0 Å². The molecule has 3 rings (SSSR count). The fourth-order valence-corrected chi connectivity index (χ4v) is 4.65. The zero-order chi connectivity index (χ0) is 20.9. The zero-order valence-electron chi connectivity index (χ0n) is 16.9. The number of methoxy groups -OCH3 is 1. The minimum absolute atomic E-state index is 0.175. The summed E-state index contributed by atoms with van der Waals surface area (Å²) >= 11 is 0. The molecule has 29 heavy (non-hydrogen) atoms. The van der Waals surface area contributed by atoms with Gasteiger partial charge in [0.1, 0.15) is 5.75 Å². The summed E-state index contributed by atoms with van der Waals surface area (Å²) in [5.41, 5.74) is 0.234. The highest BCUT2D eigenvalue weighted by atomic mass is 16.5. The van der Waals surface area contributed by atoms with Gasteiger partial charge in [-0.05, 0) is 44.2 Å². The molecule has 1 aromatic heterocycles. The summed E-state index contributed by atoms with van der Waals surface area (Å²) in [6, 6.07) is 6.43. The Bertz CT molecular complexity index is 788. The monoisotopic (exact) mass is 396 g/mol. The van der Waals surface area contributed by atoms with Crippen molar-refractivity contribution in [3.8, 4) is 24.2 Å². The number of nitrogens with zero attached hydrogens (tertiary/aromatic N) is 4. The van der Waals surface area contributed by atoms with Gasteiger partial charge in [-0.1, -0.05) is 0 Å². The van der Waals surface area contributed by atoms with Crippen molar-refractivity contribution in [2.45, 2.75) is 56.0 Å². The number of ether oxygens (including phenoxy) is 1. The van der Waals surface area contributed by atoms with Crippen LogP contribution in [-0.2, 0) is 5.41 Å². The quantitative estimate of drug-likeness (QED) is 0.787. The molecule has 1 aliphatic carbocycles. The molecule has 1 aliphatic heterocycles. The van der Waals surface area contributed by atoms with Crippen LogP contribution >= 0.6 is 0 Å². The number of rotatable bonds is 4. The average molecular weight is 396 g/mol. The molecule has 2 aliphatic rings. The predicted octanol–water partition coefficient (Wildman–Crippen LogP) is 2.87. The van der Waals surface area contributed by atoms with Crippen LogP contribution in [0.25, 0.3) is 0 Å². The Morgan fingerprint density at radius 1 is 1.41 bits per heavy atom. The maximum Gasteiger partial charge on any atom is 0.407 e. The molecule has 1 unspecified atom stereocenters. The van der Waals surface area contributed by atoms with Gasteiger partial charge in [0.25, 0.3) is 0 Å². The molecule has 1 N–H and O–H groups in total. The lowest BCUT2D eigenvalue weighted by Crippen LogP contribution is -2.48. The SMILES string of the molecule is C#CCC1CN(C2CCC(C#N)(c3ccc(OC)cn3)CC2)CCCN1C(=O)O. The number of hydrogen-bond acceptors (Lipinski definition) is 5. The Balaban J connectivity index is 1.69. The number of pyridine rings is 1. The molecule has 7 nitrogen and oxygen atoms in total. The third-order valence-corrected chi connectivity index (χ3v) is 6.33. The van der Waals surface area contributed by atoms with Gasteiger partial charge < -0.3 is 14.7 Å². The smallest absolute Gasteiger partial charge is 0.407 e. The Hall–Kier alpha value is -2.77. The van der Waals surface area contributed by atoms with Crippen molar-refractivity contribution in [3.63, 3.8) is 0 Å². The summed E-state index contributed by atoms with van der Waals surface area (Å²) in [5, 5.41) is 19.4. The third kappa shape index (κ3) is 4.46. The summed E-state index contributed by atoms with van der Waals surface area (Å²) in [4.78, 5) is 19.9. The van der Waals surface area contributed by atoms with Crippen LogP contribution in [0.5, 0.6) is 5.75 Å². The van der Waals surface area contributed by atoms with Crippen LogP contribution in [0.15, 0.2) is 18.3 Å². The summed E-state index contributed by atoms with van der Waals surface area (Å²) in [7, 11) is 1.60. The number of carbonyl (C=O) groups is 1. The highest BCUT2D eigenvalue weighted by Gasteiger charge is 2.41. The Morgan fingerprint density at radius 3 is 2.72 bits per heavy atom. The summed E-state index contributed by atoms with van der Waals surface area (Å²) in [5.74, 6) is 3.32. The zero-order valence-corrected chi connectivity index (χ0v) is 16.9. The molecule has 1 saturated heterocycles. The first-order valence-electron chi connectivity index (χ1n) is 10.1. The second-order valence-corrected chi connectivity index (χ2v) is 7.89. The van der Waals surface area contributed by atoms with E-state index in [4.69, 9.17) is 11.2 Å². The second kappa shape index (κ2) is 9.15. The van der Waals surface area contributed by atoms with Crippen molar-refractivity contribution in [1.82, 2.24) is 14.8 Å². The van der Waals surface area contributed by atoms with Crippen LogP contribution in [0.3, 0.4) is 0 Å². The molecule has 7 heteroatoms. The summed E-state index contributed by atoms with van der Waals surface area (Å²) in [6.07, 6.45) is 10.7. The van der Waals surface area contributed by atoms with Gasteiger partial charge in [-0.25, -0.2) is 4.79 Å². The first-order valence-corrected chi connectivity index (χ1v) is 10.1. The molecule has 0 aromatic carbocycles. The molecule has 0 radical (unpaired) electrons. The van der Waals surface area contributed by atoms with Crippen LogP contribution in [-0.4, -0.2) is 64.8 Å². The number of terminal acetylenes is 1. The molecule has 2 heterocycles. The molecule has 1 saturated carbocycles. The fraction of sp³-hybridized carbons (Fsp3) is 0.591. The number of carboxylic acid groups (broad SMARTS) is 1. The van der Waals surface area contributed by atoms with Crippen molar-refractivity contribution < 1.29 is 14.6 Å². The van der Waals surface area contributed by atoms with Crippen molar-refractivity contribution in [3.05, 3.63) is 24.0 Å². The number of amides is 1. The number of nitriles is 1. The molecule has 0 spiro atoms. The Morgan fingerprint density at radius 2 is 2.17 bits per heavy atom. The molecule has 1 amide bonds. The standard InChI is InChI=1S/C22H28N4O3/c1-3-5-18-15-25(12-4-13-26(18)21(27)28)17-8-10-22(16-23,11-9-17)20-7-6-19(29-2)14-24-20/h1,6-7,14,17-18H,4-5,8-13,15H2,2H3,(H,27,28). The maximum absolute atomic E-state index is 11.6. The van der Waals surface area contributed by atoms with Gasteiger partial charge in [0, 0.05) is 32.1 Å². The molecule has 2 fully saturated rings. The molecular formula is C22H28N4O3. The van der Waals surface area contributed by atoms with Crippen LogP contribution in [0.1, 0.15) is 44.2 Å². The molecule has 1 atom stereocenters. The summed E-state index contributed by atoms with van der Waals surface area (Å²) in [6.45, 7) is 2.03. The van der Waals surface area contributed by atoms with Gasteiger partial charge in [-0.15, -0.1) is 12.3 Å². The lowest BCUT2D eigenvalue weighted by molar-refractivity contribution is 0.104. The van der Waals surface area contributed by atoms with Crippen LogP contribution in [0.4, 0.5) is 4.79 Å². The minimum atomic E-state index is -0.898. The summed E-state index contributed by atoms with van der Waals surface area (Å²) < 4.78 is 5.17. The lowest BCUT2D eigenvalue weighted by atomic mass is 9.71. The Labute approximate surface area is 172 Å². The molecular weight excluding hydrogens is 368 g/mol. The van der Waals surface area contributed by atoms with Gasteiger partial charge in [0.2, 0.25) is 0 Å². The maximum atomic E-state index is 11.6. The van der Waals surface area contributed by atoms with E-state index in [-0.39, 0.29) is 6.04 Å². The van der Waals surface area contributed by atoms with E-state index in [0.29, 0.717) is 31.3 Å². The van der Waals surface area contributed by atoms with Gasteiger partial charge in [0.05, 0.1) is 36.5 Å². The van der Waals surface area contributed by atoms with Gasteiger partial charge >= 0.3 is 6.09 Å². The van der Waals surface area contributed by atoms with Gasteiger partial charge in [0.15, 0.2) is 0 Å². The van der Waals surface area contributed by atoms with E-state index in [1.165, 1.54) is 4.90 Å². The topological polar surface area (TPSA) is 89.7 Å². The van der Waals surface area contributed by atoms with Crippen molar-refractivity contribution in [2.75, 3.05) is 26.7 Å². The Kier molecular flexibility index (Phi) is 6.61. The first kappa shape index (κ1) is 21.0. The lowest BCUT2D eigenvalue weighted by Gasteiger charge is -2.40. The van der Waals surface area contributed by atoms with Crippen molar-refractivity contribution in [1.29, 1.82) is 5.26 Å². The van der Waals surface area contributed by atoms with Crippen LogP contribution in [0, 0.1) is 23.7 Å². The number of hydrogen-bond donors (Lipinski definition) is 1. The fourth-order valence-electron chi connectivity index (χ4n) is 4.65. The first-order chi connectivity index (χ1) is 14.0. The second-order valence-electron chi connectivity index (χ2n) is 7.89. The largest absolute Gasteiger partial charge is 0.495 e. The van der Waals surface area contributed by atoms with E-state index in [9.17, 15) is 15.2 Å². The van der Waals surface area contributed by atoms with E-state index < -0.39 is 11.5 Å². The number of aromatic nitrogens is 1. The highest BCUT2D eigenvalue weighted by Crippen LogP contribution is 2.40. The molecule has 154 valence electrons. The molecule has 1 aromatic rings. The van der Waals surface area contributed by atoms with Crippen molar-refractivity contribution in [2.24, 2.45) is 0 Å². The van der Waals surface area contributed by atoms with Gasteiger partial charge in [-0.2, -0.15) is 5.26 Å². The van der Waals surface area contributed by atoms with Gasteiger partial charge in [-0.3, -0.25) is 9.88 Å². The van der Waals surface area contributed by atoms with Crippen LogP contribution < -0.4 is 4.74 Å². The molecule has 0 bridgehead atoms. The van der Waals surface area contributed by atoms with Crippen molar-refractivity contribution >= 4 is 6.09 Å². The van der Waals surface area contributed by atoms with E-state index >= 15 is 0 Å². The third-order valence-electron chi connectivity index (χ3n) is 6.33. The van der Waals surface area contributed by atoms with E-state index in [0.717, 1.165) is 44.3 Å². The average Bonchev–Trinajstić information content (AvgIpc) is 2.97. The van der Waals surface area contributed by atoms with E-state index in [2.05, 4.69) is 21.9 Å². The highest BCUT2D eigenvalue weighted by molar-refractivity contribution is 5.65. The normalized spacial score (nSPS) is 28.0. The van der Waals surface area contributed by atoms with E-state index in [1.54, 1.807) is 13.3 Å². The predicted molar refractivity (Wildman–Crippen MR) is 108 cm³/mol. The van der Waals surface area contributed by atoms with E-state index in [1.807, 2.05) is 12.1 Å².